The topological polar surface area (TPSA) is 85.0 Å². The zero-order valence-electron chi connectivity index (χ0n) is 14.0. The lowest BCUT2D eigenvalue weighted by molar-refractivity contribution is 0.261. The van der Waals surface area contributed by atoms with Crippen LogP contribution in [0, 0.1) is 0 Å². The molecule has 1 aliphatic heterocycles. The zero-order valence-corrected chi connectivity index (χ0v) is 14.0. The fourth-order valence-corrected chi connectivity index (χ4v) is 3.76. The first kappa shape index (κ1) is 15.2. The van der Waals surface area contributed by atoms with Gasteiger partial charge in [0.05, 0.1) is 0 Å². The highest BCUT2D eigenvalue weighted by atomic mass is 16.5. The van der Waals surface area contributed by atoms with E-state index < -0.39 is 0 Å². The third-order valence-electron chi connectivity index (χ3n) is 5.21. The largest absolute Gasteiger partial charge is 0.359 e. The highest BCUT2D eigenvalue weighted by molar-refractivity contribution is 5.98. The molecule has 2 N–H and O–H groups in total. The number of nitrogens with zero attached hydrogens (tertiary/aromatic N) is 3. The quantitative estimate of drug-likeness (QED) is 0.899. The fraction of sp³-hybridized carbons (Fsp3) is 0.588. The van der Waals surface area contributed by atoms with Crippen molar-refractivity contribution in [3.05, 3.63) is 23.6 Å². The van der Waals surface area contributed by atoms with Crippen molar-refractivity contribution in [1.29, 1.82) is 0 Å². The second kappa shape index (κ2) is 5.96. The van der Waals surface area contributed by atoms with Gasteiger partial charge in [-0.2, -0.15) is 5.10 Å². The molecule has 2 aromatic heterocycles. The molecule has 1 fully saturated rings. The van der Waals surface area contributed by atoms with Crippen LogP contribution in [-0.2, 0) is 18.4 Å². The summed E-state index contributed by atoms with van der Waals surface area (Å²) in [6.07, 6.45) is 7.97. The van der Waals surface area contributed by atoms with Gasteiger partial charge in [0.15, 0.2) is 11.6 Å². The summed E-state index contributed by atoms with van der Waals surface area (Å²) in [6, 6.07) is 3.43. The molecule has 0 unspecified atom stereocenters. The molecule has 4 rings (SSSR count). The summed E-state index contributed by atoms with van der Waals surface area (Å²) in [5, 5.41) is 13.9. The fourth-order valence-electron chi connectivity index (χ4n) is 3.76. The number of aromatic nitrogens is 3. The number of nitrogens with one attached hydrogen (secondary N) is 2. The van der Waals surface area contributed by atoms with Gasteiger partial charge < -0.3 is 4.52 Å². The lowest BCUT2D eigenvalue weighted by Gasteiger charge is -2.18. The number of anilines is 2. The van der Waals surface area contributed by atoms with Crippen molar-refractivity contribution < 1.29 is 9.32 Å². The lowest BCUT2D eigenvalue weighted by atomic mass is 9.86. The van der Waals surface area contributed by atoms with E-state index in [1.807, 2.05) is 16.8 Å². The maximum absolute atomic E-state index is 12.2. The number of fused-ring (bicyclic) bond motifs is 1. The van der Waals surface area contributed by atoms with Crippen molar-refractivity contribution >= 4 is 17.7 Å². The van der Waals surface area contributed by atoms with Crippen LogP contribution >= 0.6 is 0 Å². The van der Waals surface area contributed by atoms with Crippen LogP contribution in [0.4, 0.5) is 16.4 Å². The summed E-state index contributed by atoms with van der Waals surface area (Å²) >= 11 is 0. The SMILES string of the molecule is CC1(c2cc(NC(=O)Nc3cc4n(n3)CCCC4)no2)CCCC1. The summed E-state index contributed by atoms with van der Waals surface area (Å²) in [6.45, 7) is 3.11. The van der Waals surface area contributed by atoms with E-state index in [1.54, 1.807) is 0 Å². The Morgan fingerprint density at radius 3 is 2.75 bits per heavy atom. The third-order valence-corrected chi connectivity index (χ3v) is 5.21. The van der Waals surface area contributed by atoms with Crippen LogP contribution < -0.4 is 10.6 Å². The van der Waals surface area contributed by atoms with Crippen molar-refractivity contribution in [2.24, 2.45) is 0 Å². The molecule has 2 aliphatic rings. The van der Waals surface area contributed by atoms with E-state index in [9.17, 15) is 4.79 Å². The Morgan fingerprint density at radius 1 is 1.17 bits per heavy atom. The predicted octanol–water partition coefficient (Wildman–Crippen LogP) is 3.68. The van der Waals surface area contributed by atoms with Gasteiger partial charge in [-0.15, -0.1) is 0 Å². The highest BCUT2D eigenvalue weighted by Crippen LogP contribution is 2.41. The number of carbonyl (C=O) groups excluding carboxylic acids is 1. The zero-order chi connectivity index (χ0) is 16.6. The monoisotopic (exact) mass is 329 g/mol. The van der Waals surface area contributed by atoms with E-state index in [-0.39, 0.29) is 11.4 Å². The predicted molar refractivity (Wildman–Crippen MR) is 90.1 cm³/mol. The lowest BCUT2D eigenvalue weighted by Crippen LogP contribution is -2.20. The normalized spacial score (nSPS) is 19.0. The Labute approximate surface area is 140 Å². The number of amides is 2. The van der Waals surface area contributed by atoms with Gasteiger partial charge in [-0.25, -0.2) is 4.79 Å². The highest BCUT2D eigenvalue weighted by Gasteiger charge is 2.34. The Balaban J connectivity index is 1.39. The van der Waals surface area contributed by atoms with Crippen LogP contribution in [0.5, 0.6) is 0 Å². The minimum absolute atomic E-state index is 0.0480. The number of hydrogen-bond donors (Lipinski definition) is 2. The average Bonchev–Trinajstić information content (AvgIpc) is 3.26. The Hall–Kier alpha value is -2.31. The molecule has 1 saturated carbocycles. The Morgan fingerprint density at radius 2 is 1.96 bits per heavy atom. The van der Waals surface area contributed by atoms with E-state index in [0.717, 1.165) is 38.0 Å². The van der Waals surface area contributed by atoms with Crippen molar-refractivity contribution in [2.45, 2.75) is 63.8 Å². The number of carbonyl (C=O) groups is 1. The maximum atomic E-state index is 12.2. The molecule has 2 amide bonds. The summed E-state index contributed by atoms with van der Waals surface area (Å²) in [5.74, 6) is 1.88. The first-order valence-electron chi connectivity index (χ1n) is 8.74. The molecule has 24 heavy (non-hydrogen) atoms. The van der Waals surface area contributed by atoms with Gasteiger partial charge in [0, 0.05) is 29.8 Å². The summed E-state index contributed by atoms with van der Waals surface area (Å²) < 4.78 is 7.42. The minimum atomic E-state index is -0.345. The van der Waals surface area contributed by atoms with Crippen LogP contribution in [0.3, 0.4) is 0 Å². The van der Waals surface area contributed by atoms with E-state index in [2.05, 4.69) is 27.8 Å². The smallest absolute Gasteiger partial charge is 0.326 e. The van der Waals surface area contributed by atoms with Crippen LogP contribution in [-0.4, -0.2) is 21.0 Å². The number of rotatable bonds is 3. The molecule has 0 aromatic carbocycles. The number of urea groups is 1. The molecule has 7 nitrogen and oxygen atoms in total. The molecule has 0 radical (unpaired) electrons. The Bertz CT molecular complexity index is 718. The molecule has 0 saturated heterocycles. The maximum Gasteiger partial charge on any atom is 0.326 e. The number of aryl methyl sites for hydroxylation is 2. The Kier molecular flexibility index (Phi) is 3.78. The van der Waals surface area contributed by atoms with Gasteiger partial charge in [0.25, 0.3) is 0 Å². The average molecular weight is 329 g/mol. The van der Waals surface area contributed by atoms with Crippen LogP contribution in [0.2, 0.25) is 0 Å². The second-order valence-corrected chi connectivity index (χ2v) is 7.12. The summed E-state index contributed by atoms with van der Waals surface area (Å²) in [7, 11) is 0. The van der Waals surface area contributed by atoms with Crippen molar-refractivity contribution in [2.75, 3.05) is 10.6 Å². The van der Waals surface area contributed by atoms with Crippen molar-refractivity contribution in [3.8, 4) is 0 Å². The van der Waals surface area contributed by atoms with Crippen LogP contribution in [0.25, 0.3) is 0 Å². The van der Waals surface area contributed by atoms with Gasteiger partial charge in [-0.1, -0.05) is 24.9 Å². The molecule has 3 heterocycles. The molecule has 128 valence electrons. The number of hydrogen-bond acceptors (Lipinski definition) is 4. The van der Waals surface area contributed by atoms with Crippen molar-refractivity contribution in [3.63, 3.8) is 0 Å². The molecule has 0 bridgehead atoms. The van der Waals surface area contributed by atoms with Gasteiger partial charge in [-0.05, 0) is 32.1 Å². The molecular weight excluding hydrogens is 306 g/mol. The molecule has 1 aliphatic carbocycles. The van der Waals surface area contributed by atoms with Crippen molar-refractivity contribution in [1.82, 2.24) is 14.9 Å². The van der Waals surface area contributed by atoms with Gasteiger partial charge in [0.2, 0.25) is 0 Å². The van der Waals surface area contributed by atoms with Gasteiger partial charge in [0.1, 0.15) is 5.76 Å². The van der Waals surface area contributed by atoms with Gasteiger partial charge in [-0.3, -0.25) is 15.3 Å². The van der Waals surface area contributed by atoms with E-state index >= 15 is 0 Å². The molecule has 7 heteroatoms. The molecule has 0 spiro atoms. The third kappa shape index (κ3) is 2.90. The van der Waals surface area contributed by atoms with Crippen LogP contribution in [0.1, 0.15) is 56.9 Å². The van der Waals surface area contributed by atoms with E-state index in [1.165, 1.54) is 25.0 Å². The first-order chi connectivity index (χ1) is 11.6. The standard InChI is InChI=1S/C17H23N5O2/c1-17(7-3-4-8-17)13-11-15(21-24-13)19-16(23)18-14-10-12-6-2-5-9-22(12)20-14/h10-11H,2-9H2,1H3,(H2,18,19,20,21,23). The summed E-state index contributed by atoms with van der Waals surface area (Å²) in [4.78, 5) is 12.2. The van der Waals surface area contributed by atoms with E-state index in [0.29, 0.717) is 11.6 Å². The minimum Gasteiger partial charge on any atom is -0.359 e. The summed E-state index contributed by atoms with van der Waals surface area (Å²) in [5.41, 5.74) is 1.22. The van der Waals surface area contributed by atoms with Crippen LogP contribution in [0.15, 0.2) is 16.7 Å². The molecular formula is C17H23N5O2. The van der Waals surface area contributed by atoms with Gasteiger partial charge >= 0.3 is 6.03 Å². The molecule has 0 atom stereocenters. The van der Waals surface area contributed by atoms with E-state index in [4.69, 9.17) is 4.52 Å². The first-order valence-corrected chi connectivity index (χ1v) is 8.74. The molecule has 2 aromatic rings. The second-order valence-electron chi connectivity index (χ2n) is 7.12.